The van der Waals surface area contributed by atoms with E-state index in [2.05, 4.69) is 5.32 Å². The van der Waals surface area contributed by atoms with E-state index in [-0.39, 0.29) is 0 Å². The van der Waals surface area contributed by atoms with Crippen LogP contribution in [0.1, 0.15) is 0 Å². The van der Waals surface area contributed by atoms with Crippen molar-refractivity contribution in [3.63, 3.8) is 0 Å². The number of benzene rings is 2. The zero-order valence-corrected chi connectivity index (χ0v) is 11.5. The van der Waals surface area contributed by atoms with E-state index in [1.807, 2.05) is 43.4 Å². The van der Waals surface area contributed by atoms with Gasteiger partial charge in [-0.1, -0.05) is 11.6 Å². The van der Waals surface area contributed by atoms with Crippen molar-refractivity contribution in [2.75, 3.05) is 25.6 Å². The van der Waals surface area contributed by atoms with Crippen molar-refractivity contribution in [2.24, 2.45) is 0 Å². The van der Waals surface area contributed by atoms with Crippen LogP contribution in [0, 0.1) is 0 Å². The van der Waals surface area contributed by atoms with E-state index in [0.717, 1.165) is 17.2 Å². The average molecular weight is 278 g/mol. The van der Waals surface area contributed by atoms with E-state index in [0.29, 0.717) is 18.2 Å². The summed E-state index contributed by atoms with van der Waals surface area (Å²) in [6.07, 6.45) is 0. The lowest BCUT2D eigenvalue weighted by atomic mass is 10.3. The smallest absolute Gasteiger partial charge is 0.122 e. The number of nitrogens with one attached hydrogen (secondary N) is 1. The molecule has 2 aromatic rings. The Labute approximate surface area is 118 Å². The van der Waals surface area contributed by atoms with Gasteiger partial charge in [-0.2, -0.15) is 0 Å². The van der Waals surface area contributed by atoms with Crippen molar-refractivity contribution in [3.05, 3.63) is 53.6 Å². The van der Waals surface area contributed by atoms with Gasteiger partial charge in [-0.3, -0.25) is 0 Å². The maximum absolute atomic E-state index is 5.79. The first-order valence-electron chi connectivity index (χ1n) is 6.07. The zero-order valence-electron chi connectivity index (χ0n) is 10.7. The molecule has 19 heavy (non-hydrogen) atoms. The highest BCUT2D eigenvalue weighted by molar-refractivity contribution is 6.30. The fourth-order valence-electron chi connectivity index (χ4n) is 1.57. The number of ether oxygens (including phenoxy) is 2. The molecule has 3 nitrogen and oxygen atoms in total. The number of halogens is 1. The number of rotatable bonds is 6. The third kappa shape index (κ3) is 4.38. The fourth-order valence-corrected chi connectivity index (χ4v) is 1.69. The largest absolute Gasteiger partial charge is 0.490 e. The predicted octanol–water partition coefficient (Wildman–Crippen LogP) is 3.84. The molecule has 0 amide bonds. The van der Waals surface area contributed by atoms with Gasteiger partial charge in [-0.25, -0.2) is 0 Å². The molecule has 0 aliphatic rings. The lowest BCUT2D eigenvalue weighted by molar-refractivity contribution is 0.217. The minimum Gasteiger partial charge on any atom is -0.490 e. The Morgan fingerprint density at radius 2 is 1.32 bits per heavy atom. The van der Waals surface area contributed by atoms with Gasteiger partial charge in [0.05, 0.1) is 0 Å². The van der Waals surface area contributed by atoms with E-state index in [1.54, 1.807) is 12.1 Å². The Morgan fingerprint density at radius 3 is 1.79 bits per heavy atom. The van der Waals surface area contributed by atoms with E-state index in [9.17, 15) is 0 Å². The first-order chi connectivity index (χ1) is 9.28. The van der Waals surface area contributed by atoms with Crippen LogP contribution < -0.4 is 14.8 Å². The van der Waals surface area contributed by atoms with Gasteiger partial charge < -0.3 is 14.8 Å². The van der Waals surface area contributed by atoms with E-state index >= 15 is 0 Å². The summed E-state index contributed by atoms with van der Waals surface area (Å²) in [4.78, 5) is 0. The SMILES string of the molecule is CNc1ccc(OCCOc2ccc(Cl)cc2)cc1. The quantitative estimate of drug-likeness (QED) is 0.814. The molecule has 0 unspecified atom stereocenters. The van der Waals surface area contributed by atoms with Crippen LogP contribution in [0.5, 0.6) is 11.5 Å². The molecule has 0 aliphatic heterocycles. The summed E-state index contributed by atoms with van der Waals surface area (Å²) < 4.78 is 11.1. The molecular weight excluding hydrogens is 262 g/mol. The highest BCUT2D eigenvalue weighted by Gasteiger charge is 1.96. The van der Waals surface area contributed by atoms with Crippen LogP contribution in [0.3, 0.4) is 0 Å². The summed E-state index contributed by atoms with van der Waals surface area (Å²) in [5.41, 5.74) is 1.06. The van der Waals surface area contributed by atoms with Crippen molar-refractivity contribution in [2.45, 2.75) is 0 Å². The molecule has 0 spiro atoms. The molecule has 100 valence electrons. The van der Waals surface area contributed by atoms with Crippen LogP contribution in [-0.2, 0) is 0 Å². The molecule has 0 saturated carbocycles. The Balaban J connectivity index is 1.72. The molecule has 0 atom stereocenters. The Kier molecular flexibility index (Phi) is 4.93. The second-order valence-electron chi connectivity index (χ2n) is 3.93. The Bertz CT molecular complexity index is 497. The normalized spacial score (nSPS) is 10.0. The van der Waals surface area contributed by atoms with Gasteiger partial charge in [0.15, 0.2) is 0 Å². The second kappa shape index (κ2) is 6.90. The first-order valence-corrected chi connectivity index (χ1v) is 6.45. The molecule has 0 aromatic heterocycles. The Morgan fingerprint density at radius 1 is 0.842 bits per heavy atom. The molecule has 0 fully saturated rings. The number of hydrogen-bond donors (Lipinski definition) is 1. The van der Waals surface area contributed by atoms with E-state index < -0.39 is 0 Å². The Hall–Kier alpha value is -1.87. The van der Waals surface area contributed by atoms with Crippen LogP contribution >= 0.6 is 11.6 Å². The first kappa shape index (κ1) is 13.6. The molecule has 0 bridgehead atoms. The van der Waals surface area contributed by atoms with Crippen molar-refractivity contribution >= 4 is 17.3 Å². The van der Waals surface area contributed by atoms with Gasteiger partial charge in [-0.15, -0.1) is 0 Å². The zero-order chi connectivity index (χ0) is 13.5. The molecule has 0 radical (unpaired) electrons. The van der Waals surface area contributed by atoms with Crippen LogP contribution in [0.25, 0.3) is 0 Å². The van der Waals surface area contributed by atoms with Gasteiger partial charge in [0.25, 0.3) is 0 Å². The van der Waals surface area contributed by atoms with Gasteiger partial charge in [0.1, 0.15) is 24.7 Å². The second-order valence-corrected chi connectivity index (χ2v) is 4.36. The molecule has 0 saturated heterocycles. The minimum absolute atomic E-state index is 0.495. The van der Waals surface area contributed by atoms with Crippen LogP contribution in [0.4, 0.5) is 5.69 Å². The number of anilines is 1. The monoisotopic (exact) mass is 277 g/mol. The third-order valence-electron chi connectivity index (χ3n) is 2.58. The molecule has 1 N–H and O–H groups in total. The topological polar surface area (TPSA) is 30.5 Å². The van der Waals surface area contributed by atoms with Crippen LogP contribution in [0.2, 0.25) is 5.02 Å². The molecule has 2 rings (SSSR count). The van der Waals surface area contributed by atoms with Gasteiger partial charge in [0.2, 0.25) is 0 Å². The number of hydrogen-bond acceptors (Lipinski definition) is 3. The van der Waals surface area contributed by atoms with Gasteiger partial charge >= 0.3 is 0 Å². The van der Waals surface area contributed by atoms with E-state index in [4.69, 9.17) is 21.1 Å². The summed E-state index contributed by atoms with van der Waals surface area (Å²) in [5.74, 6) is 1.62. The predicted molar refractivity (Wildman–Crippen MR) is 78.4 cm³/mol. The van der Waals surface area contributed by atoms with Crippen molar-refractivity contribution < 1.29 is 9.47 Å². The van der Waals surface area contributed by atoms with Crippen molar-refractivity contribution in [1.82, 2.24) is 0 Å². The maximum atomic E-state index is 5.79. The maximum Gasteiger partial charge on any atom is 0.122 e. The summed E-state index contributed by atoms with van der Waals surface area (Å²) in [6.45, 7) is 0.997. The summed E-state index contributed by atoms with van der Waals surface area (Å²) in [7, 11) is 1.88. The summed E-state index contributed by atoms with van der Waals surface area (Å²) in [6, 6.07) is 15.1. The van der Waals surface area contributed by atoms with E-state index in [1.165, 1.54) is 0 Å². The molecule has 0 heterocycles. The standard InChI is InChI=1S/C15H16ClNO2/c1-17-13-4-8-15(9-5-13)19-11-10-18-14-6-2-12(16)3-7-14/h2-9,17H,10-11H2,1H3. The van der Waals surface area contributed by atoms with Crippen molar-refractivity contribution in [1.29, 1.82) is 0 Å². The fraction of sp³-hybridized carbons (Fsp3) is 0.200. The molecule has 4 heteroatoms. The lowest BCUT2D eigenvalue weighted by Gasteiger charge is -2.09. The van der Waals surface area contributed by atoms with Crippen LogP contribution in [0.15, 0.2) is 48.5 Å². The summed E-state index contributed by atoms with van der Waals surface area (Å²) in [5, 5.41) is 3.76. The van der Waals surface area contributed by atoms with Gasteiger partial charge in [0, 0.05) is 17.8 Å². The minimum atomic E-state index is 0.495. The molecule has 2 aromatic carbocycles. The average Bonchev–Trinajstić information content (AvgIpc) is 2.46. The highest BCUT2D eigenvalue weighted by Crippen LogP contribution is 2.16. The molecular formula is C15H16ClNO2. The van der Waals surface area contributed by atoms with Crippen molar-refractivity contribution in [3.8, 4) is 11.5 Å². The summed E-state index contributed by atoms with van der Waals surface area (Å²) >= 11 is 5.79. The lowest BCUT2D eigenvalue weighted by Crippen LogP contribution is -2.08. The van der Waals surface area contributed by atoms with Gasteiger partial charge in [-0.05, 0) is 48.5 Å². The third-order valence-corrected chi connectivity index (χ3v) is 2.83. The van der Waals surface area contributed by atoms with Crippen LogP contribution in [-0.4, -0.2) is 20.3 Å². The molecule has 0 aliphatic carbocycles. The highest BCUT2D eigenvalue weighted by atomic mass is 35.5.